The molecule has 0 atom stereocenters. The van der Waals surface area contributed by atoms with Gasteiger partial charge in [-0.2, -0.15) is 0 Å². The van der Waals surface area contributed by atoms with Crippen LogP contribution < -0.4 is 5.43 Å². The summed E-state index contributed by atoms with van der Waals surface area (Å²) >= 11 is 0. The largest absolute Gasteiger partial charge is 0.503 e. The van der Waals surface area contributed by atoms with Gasteiger partial charge in [-0.25, -0.2) is 0 Å². The average molecular weight is 300 g/mol. The van der Waals surface area contributed by atoms with Gasteiger partial charge in [0, 0.05) is 52.7 Å². The Hall–Kier alpha value is -1.41. The van der Waals surface area contributed by atoms with E-state index in [-0.39, 0.29) is 12.4 Å². The predicted molar refractivity (Wildman–Crippen MR) is 78.3 cm³/mol. The fraction of sp³-hybridized carbons (Fsp3) is 0.643. The van der Waals surface area contributed by atoms with Crippen molar-refractivity contribution in [1.82, 2.24) is 9.47 Å². The Morgan fingerprint density at radius 1 is 1.24 bits per heavy atom. The van der Waals surface area contributed by atoms with Crippen molar-refractivity contribution < 1.29 is 19.7 Å². The van der Waals surface area contributed by atoms with Crippen molar-refractivity contribution in [1.29, 1.82) is 0 Å². The fourth-order valence-electron chi connectivity index (χ4n) is 2.05. The molecule has 1 aromatic heterocycles. The van der Waals surface area contributed by atoms with Crippen LogP contribution in [0.5, 0.6) is 5.75 Å². The van der Waals surface area contributed by atoms with Gasteiger partial charge in [0.05, 0.1) is 25.5 Å². The van der Waals surface area contributed by atoms with Crippen LogP contribution in [0.4, 0.5) is 0 Å². The number of aromatic hydroxyl groups is 1. The van der Waals surface area contributed by atoms with Crippen LogP contribution in [-0.2, 0) is 29.7 Å². The molecule has 0 aliphatic rings. The first kappa shape index (κ1) is 17.6. The summed E-state index contributed by atoms with van der Waals surface area (Å²) in [5.41, 5.74) is 0.454. The van der Waals surface area contributed by atoms with E-state index in [0.717, 1.165) is 0 Å². The molecule has 0 aromatic carbocycles. The maximum Gasteiger partial charge on any atom is 0.223 e. The number of methoxy groups -OCH3 is 2. The highest BCUT2D eigenvalue weighted by molar-refractivity contribution is 5.29. The van der Waals surface area contributed by atoms with E-state index in [1.54, 1.807) is 25.8 Å². The average Bonchev–Trinajstić information content (AvgIpc) is 2.49. The van der Waals surface area contributed by atoms with Gasteiger partial charge < -0.3 is 24.3 Å². The lowest BCUT2D eigenvalue weighted by Gasteiger charge is -2.24. The molecule has 0 aliphatic carbocycles. The van der Waals surface area contributed by atoms with Crippen LogP contribution in [0.3, 0.4) is 0 Å². The molecule has 0 bridgehead atoms. The van der Waals surface area contributed by atoms with Crippen molar-refractivity contribution >= 4 is 0 Å². The van der Waals surface area contributed by atoms with E-state index in [9.17, 15) is 15.0 Å². The Bertz CT molecular complexity index is 493. The van der Waals surface area contributed by atoms with Crippen molar-refractivity contribution in [2.75, 3.05) is 40.5 Å². The topological polar surface area (TPSA) is 84.2 Å². The number of aliphatic hydroxyl groups is 1. The summed E-state index contributed by atoms with van der Waals surface area (Å²) in [6, 6.07) is 1.24. The Morgan fingerprint density at radius 3 is 2.29 bits per heavy atom. The lowest BCUT2D eigenvalue weighted by molar-refractivity contribution is 0.108. The zero-order valence-electron chi connectivity index (χ0n) is 12.8. The van der Waals surface area contributed by atoms with E-state index >= 15 is 0 Å². The molecule has 0 amide bonds. The quantitative estimate of drug-likeness (QED) is 0.650. The number of ether oxygens (including phenoxy) is 2. The number of rotatable bonds is 9. The highest BCUT2D eigenvalue weighted by atomic mass is 16.5. The SMILES string of the molecule is COCCN(CCOC)Cc1c(O)c(=O)cc(CO)n1C. The number of hydrogen-bond acceptors (Lipinski definition) is 6. The third kappa shape index (κ3) is 4.82. The molecule has 21 heavy (non-hydrogen) atoms. The second-order valence-electron chi connectivity index (χ2n) is 4.77. The van der Waals surface area contributed by atoms with E-state index in [1.165, 1.54) is 6.07 Å². The highest BCUT2D eigenvalue weighted by Crippen LogP contribution is 2.15. The second-order valence-corrected chi connectivity index (χ2v) is 4.77. The van der Waals surface area contributed by atoms with E-state index in [4.69, 9.17) is 9.47 Å². The van der Waals surface area contributed by atoms with Gasteiger partial charge >= 0.3 is 0 Å². The van der Waals surface area contributed by atoms with Crippen LogP contribution in [0.15, 0.2) is 10.9 Å². The maximum atomic E-state index is 11.7. The first-order valence-electron chi connectivity index (χ1n) is 6.77. The number of hydrogen-bond donors (Lipinski definition) is 2. The molecule has 0 aliphatic heterocycles. The van der Waals surface area contributed by atoms with E-state index < -0.39 is 5.43 Å². The van der Waals surface area contributed by atoms with E-state index in [1.807, 2.05) is 4.90 Å². The standard InChI is InChI=1S/C14H24N2O5/c1-15-11(10-17)8-13(18)14(19)12(15)9-16(4-6-20-2)5-7-21-3/h8,17,19H,4-7,9-10H2,1-3H3. The number of pyridine rings is 1. The molecule has 0 spiro atoms. The van der Waals surface area contributed by atoms with Gasteiger partial charge in [-0.3, -0.25) is 9.69 Å². The molecular weight excluding hydrogens is 276 g/mol. The normalized spacial score (nSPS) is 11.3. The molecule has 0 unspecified atom stereocenters. The van der Waals surface area contributed by atoms with Gasteiger partial charge in [0.1, 0.15) is 0 Å². The van der Waals surface area contributed by atoms with Crippen molar-refractivity contribution in [3.8, 4) is 5.75 Å². The summed E-state index contributed by atoms with van der Waals surface area (Å²) in [6.45, 7) is 2.50. The van der Waals surface area contributed by atoms with Gasteiger partial charge in [0.2, 0.25) is 5.43 Å². The molecule has 120 valence electrons. The molecule has 0 fully saturated rings. The fourth-order valence-corrected chi connectivity index (χ4v) is 2.05. The van der Waals surface area contributed by atoms with Gasteiger partial charge in [-0.05, 0) is 0 Å². The molecular formula is C14H24N2O5. The third-order valence-electron chi connectivity index (χ3n) is 3.40. The molecule has 1 rings (SSSR count). The van der Waals surface area contributed by atoms with Crippen molar-refractivity contribution in [2.45, 2.75) is 13.2 Å². The van der Waals surface area contributed by atoms with Crippen molar-refractivity contribution in [2.24, 2.45) is 7.05 Å². The molecule has 2 N–H and O–H groups in total. The van der Waals surface area contributed by atoms with E-state index in [2.05, 4.69) is 0 Å². The summed E-state index contributed by atoms with van der Waals surface area (Å²) in [4.78, 5) is 13.8. The summed E-state index contributed by atoms with van der Waals surface area (Å²) in [5, 5.41) is 19.3. The van der Waals surface area contributed by atoms with Crippen LogP contribution in [-0.4, -0.2) is 60.2 Å². The Kier molecular flexibility index (Phi) is 7.38. The molecule has 7 nitrogen and oxygen atoms in total. The molecule has 0 saturated carbocycles. The van der Waals surface area contributed by atoms with E-state index in [0.29, 0.717) is 44.2 Å². The van der Waals surface area contributed by atoms with Gasteiger partial charge in [-0.15, -0.1) is 0 Å². The number of aliphatic hydroxyl groups excluding tert-OH is 1. The predicted octanol–water partition coefficient (Wildman–Crippen LogP) is -0.322. The molecule has 7 heteroatoms. The lowest BCUT2D eigenvalue weighted by atomic mass is 10.2. The van der Waals surface area contributed by atoms with Crippen LogP contribution in [0.1, 0.15) is 11.4 Å². The van der Waals surface area contributed by atoms with Crippen LogP contribution in [0, 0.1) is 0 Å². The van der Waals surface area contributed by atoms with Crippen molar-refractivity contribution in [3.05, 3.63) is 27.7 Å². The first-order chi connectivity index (χ1) is 10.0. The van der Waals surface area contributed by atoms with Crippen LogP contribution in [0.2, 0.25) is 0 Å². The molecule has 0 saturated heterocycles. The number of aromatic nitrogens is 1. The summed E-state index contributed by atoms with van der Waals surface area (Å²) in [6.07, 6.45) is 0. The maximum absolute atomic E-state index is 11.7. The second kappa shape index (κ2) is 8.78. The summed E-state index contributed by atoms with van der Waals surface area (Å²) in [7, 11) is 4.95. The summed E-state index contributed by atoms with van der Waals surface area (Å²) < 4.78 is 11.8. The van der Waals surface area contributed by atoms with Crippen LogP contribution in [0.25, 0.3) is 0 Å². The molecule has 0 radical (unpaired) electrons. The lowest BCUT2D eigenvalue weighted by Crippen LogP contribution is -2.32. The smallest absolute Gasteiger partial charge is 0.223 e. The number of nitrogens with zero attached hydrogens (tertiary/aromatic N) is 2. The Morgan fingerprint density at radius 2 is 1.81 bits per heavy atom. The zero-order valence-corrected chi connectivity index (χ0v) is 12.8. The molecule has 1 heterocycles. The van der Waals surface area contributed by atoms with Gasteiger partial charge in [-0.1, -0.05) is 0 Å². The Balaban J connectivity index is 3.01. The molecule has 1 aromatic rings. The van der Waals surface area contributed by atoms with Gasteiger partial charge in [0.15, 0.2) is 5.75 Å². The monoisotopic (exact) mass is 300 g/mol. The van der Waals surface area contributed by atoms with Crippen LogP contribution >= 0.6 is 0 Å². The van der Waals surface area contributed by atoms with Gasteiger partial charge in [0.25, 0.3) is 0 Å². The summed E-state index contributed by atoms with van der Waals surface area (Å²) in [5.74, 6) is -0.283. The zero-order chi connectivity index (χ0) is 15.8. The minimum Gasteiger partial charge on any atom is -0.503 e. The minimum atomic E-state index is -0.481. The van der Waals surface area contributed by atoms with Crippen molar-refractivity contribution in [3.63, 3.8) is 0 Å². The highest BCUT2D eigenvalue weighted by Gasteiger charge is 2.15. The third-order valence-corrected chi connectivity index (χ3v) is 3.40. The Labute approximate surface area is 124 Å². The minimum absolute atomic E-state index is 0.255. The first-order valence-corrected chi connectivity index (χ1v) is 6.77.